The molecule has 15 heavy (non-hydrogen) atoms. The van der Waals surface area contributed by atoms with Crippen molar-refractivity contribution in [2.24, 2.45) is 0 Å². The van der Waals surface area contributed by atoms with E-state index in [-0.39, 0.29) is 0 Å². The van der Waals surface area contributed by atoms with E-state index in [0.29, 0.717) is 0 Å². The predicted molar refractivity (Wildman–Crippen MR) is 67.5 cm³/mol. The van der Waals surface area contributed by atoms with Crippen LogP contribution in [0.3, 0.4) is 0 Å². The van der Waals surface area contributed by atoms with Gasteiger partial charge in [0.1, 0.15) is 6.10 Å². The maximum atomic E-state index is 10.0. The van der Waals surface area contributed by atoms with Gasteiger partial charge in [-0.25, -0.2) is 0 Å². The third kappa shape index (κ3) is 2.54. The molecule has 3 heteroatoms. The fraction of sp³-hybridized carbons (Fsp3) is 0.0833. The average molecular weight is 311 g/mol. The standard InChI is InChI=1S/C12H10INO/c13-11-5-3-9(4-6-11)12(15)10-2-1-7-14-8-10/h1-8,12,15H. The molecule has 0 aliphatic heterocycles. The summed E-state index contributed by atoms with van der Waals surface area (Å²) < 4.78 is 1.16. The monoisotopic (exact) mass is 311 g/mol. The van der Waals surface area contributed by atoms with Crippen LogP contribution in [0.5, 0.6) is 0 Å². The van der Waals surface area contributed by atoms with E-state index in [0.717, 1.165) is 14.7 Å². The molecule has 1 heterocycles. The van der Waals surface area contributed by atoms with E-state index in [9.17, 15) is 5.11 Å². The Morgan fingerprint density at radius 1 is 1.07 bits per heavy atom. The van der Waals surface area contributed by atoms with Crippen molar-refractivity contribution in [2.45, 2.75) is 6.10 Å². The highest BCUT2D eigenvalue weighted by Gasteiger charge is 2.09. The van der Waals surface area contributed by atoms with Gasteiger partial charge in [0.05, 0.1) is 0 Å². The number of pyridine rings is 1. The molecule has 2 aromatic rings. The maximum Gasteiger partial charge on any atom is 0.106 e. The van der Waals surface area contributed by atoms with Crippen molar-refractivity contribution in [2.75, 3.05) is 0 Å². The Kier molecular flexibility index (Phi) is 3.33. The summed E-state index contributed by atoms with van der Waals surface area (Å²) in [7, 11) is 0. The molecule has 1 atom stereocenters. The van der Waals surface area contributed by atoms with Crippen molar-refractivity contribution in [3.05, 3.63) is 63.5 Å². The lowest BCUT2D eigenvalue weighted by Gasteiger charge is -2.10. The molecule has 0 fully saturated rings. The maximum absolute atomic E-state index is 10.0. The SMILES string of the molecule is OC(c1ccc(I)cc1)c1cccnc1. The van der Waals surface area contributed by atoms with Gasteiger partial charge in [-0.1, -0.05) is 18.2 Å². The lowest BCUT2D eigenvalue weighted by atomic mass is 10.0. The normalized spacial score (nSPS) is 12.4. The van der Waals surface area contributed by atoms with E-state index >= 15 is 0 Å². The number of halogens is 1. The topological polar surface area (TPSA) is 33.1 Å². The first-order chi connectivity index (χ1) is 7.27. The molecule has 1 N–H and O–H groups in total. The van der Waals surface area contributed by atoms with Crippen LogP contribution in [0.2, 0.25) is 0 Å². The zero-order valence-electron chi connectivity index (χ0n) is 7.97. The minimum atomic E-state index is -0.587. The molecule has 0 saturated carbocycles. The lowest BCUT2D eigenvalue weighted by molar-refractivity contribution is 0.220. The first kappa shape index (κ1) is 10.6. The van der Waals surface area contributed by atoms with Gasteiger partial charge in [-0.05, 0) is 46.4 Å². The van der Waals surface area contributed by atoms with Crippen LogP contribution in [0, 0.1) is 3.57 Å². The minimum Gasteiger partial charge on any atom is -0.384 e. The van der Waals surface area contributed by atoms with Gasteiger partial charge >= 0.3 is 0 Å². The Hall–Kier alpha value is -0.940. The predicted octanol–water partition coefficient (Wildman–Crippen LogP) is 2.77. The second-order valence-electron chi connectivity index (χ2n) is 3.24. The van der Waals surface area contributed by atoms with Crippen molar-refractivity contribution >= 4 is 22.6 Å². The zero-order valence-corrected chi connectivity index (χ0v) is 10.1. The summed E-state index contributed by atoms with van der Waals surface area (Å²) in [4.78, 5) is 3.99. The van der Waals surface area contributed by atoms with E-state index in [1.807, 2.05) is 36.4 Å². The fourth-order valence-electron chi connectivity index (χ4n) is 1.38. The van der Waals surface area contributed by atoms with Gasteiger partial charge in [0, 0.05) is 21.5 Å². The molecule has 76 valence electrons. The highest BCUT2D eigenvalue weighted by Crippen LogP contribution is 2.21. The fourth-order valence-corrected chi connectivity index (χ4v) is 1.73. The molecule has 0 spiro atoms. The molecule has 0 radical (unpaired) electrons. The Balaban J connectivity index is 2.29. The van der Waals surface area contributed by atoms with Gasteiger partial charge < -0.3 is 5.11 Å². The Bertz CT molecular complexity index is 427. The van der Waals surface area contributed by atoms with Crippen molar-refractivity contribution in [3.8, 4) is 0 Å². The van der Waals surface area contributed by atoms with Gasteiger partial charge in [0.15, 0.2) is 0 Å². The van der Waals surface area contributed by atoms with Crippen LogP contribution in [0.4, 0.5) is 0 Å². The molecule has 2 rings (SSSR count). The highest BCUT2D eigenvalue weighted by atomic mass is 127. The first-order valence-corrected chi connectivity index (χ1v) is 5.69. The van der Waals surface area contributed by atoms with Crippen molar-refractivity contribution in [3.63, 3.8) is 0 Å². The molecule has 2 nitrogen and oxygen atoms in total. The summed E-state index contributed by atoms with van der Waals surface area (Å²) in [6.45, 7) is 0. The number of aliphatic hydroxyl groups is 1. The summed E-state index contributed by atoms with van der Waals surface area (Å²) in [6, 6.07) is 11.5. The molecule has 1 aromatic carbocycles. The van der Waals surface area contributed by atoms with E-state index in [1.54, 1.807) is 12.4 Å². The smallest absolute Gasteiger partial charge is 0.106 e. The molecule has 1 aromatic heterocycles. The number of aliphatic hydroxyl groups excluding tert-OH is 1. The van der Waals surface area contributed by atoms with Crippen LogP contribution in [0.25, 0.3) is 0 Å². The summed E-state index contributed by atoms with van der Waals surface area (Å²) >= 11 is 2.24. The molecular weight excluding hydrogens is 301 g/mol. The summed E-state index contributed by atoms with van der Waals surface area (Å²) in [5, 5.41) is 10.0. The number of nitrogens with zero attached hydrogens (tertiary/aromatic N) is 1. The summed E-state index contributed by atoms with van der Waals surface area (Å²) in [6.07, 6.45) is 2.79. The quantitative estimate of drug-likeness (QED) is 0.865. The van der Waals surface area contributed by atoms with Crippen molar-refractivity contribution in [1.82, 2.24) is 4.98 Å². The highest BCUT2D eigenvalue weighted by molar-refractivity contribution is 14.1. The van der Waals surface area contributed by atoms with Crippen LogP contribution in [0.15, 0.2) is 48.8 Å². The zero-order chi connectivity index (χ0) is 10.7. The average Bonchev–Trinajstić information content (AvgIpc) is 2.30. The van der Waals surface area contributed by atoms with Crippen molar-refractivity contribution in [1.29, 1.82) is 0 Å². The second kappa shape index (κ2) is 4.72. The van der Waals surface area contributed by atoms with E-state index in [2.05, 4.69) is 27.6 Å². The first-order valence-electron chi connectivity index (χ1n) is 4.61. The molecule has 0 saturated heterocycles. The van der Waals surface area contributed by atoms with Gasteiger partial charge in [0.25, 0.3) is 0 Å². The number of hydrogen-bond acceptors (Lipinski definition) is 2. The summed E-state index contributed by atoms with van der Waals surface area (Å²) in [5.41, 5.74) is 1.71. The molecule has 0 bridgehead atoms. The Morgan fingerprint density at radius 2 is 1.80 bits per heavy atom. The van der Waals surface area contributed by atoms with Crippen LogP contribution in [0.1, 0.15) is 17.2 Å². The molecule has 1 unspecified atom stereocenters. The Labute approximate surface area is 102 Å². The number of benzene rings is 1. The lowest BCUT2D eigenvalue weighted by Crippen LogP contribution is -1.99. The number of hydrogen-bond donors (Lipinski definition) is 1. The van der Waals surface area contributed by atoms with Crippen LogP contribution < -0.4 is 0 Å². The molecular formula is C12H10INO. The van der Waals surface area contributed by atoms with Crippen LogP contribution >= 0.6 is 22.6 Å². The molecule has 0 amide bonds. The van der Waals surface area contributed by atoms with Gasteiger partial charge in [-0.2, -0.15) is 0 Å². The summed E-state index contributed by atoms with van der Waals surface area (Å²) in [5.74, 6) is 0. The Morgan fingerprint density at radius 3 is 2.40 bits per heavy atom. The van der Waals surface area contributed by atoms with E-state index < -0.39 is 6.10 Å². The van der Waals surface area contributed by atoms with Gasteiger partial charge in [-0.15, -0.1) is 0 Å². The van der Waals surface area contributed by atoms with E-state index in [1.165, 1.54) is 0 Å². The van der Waals surface area contributed by atoms with E-state index in [4.69, 9.17) is 0 Å². The third-order valence-electron chi connectivity index (χ3n) is 2.19. The van der Waals surface area contributed by atoms with Crippen molar-refractivity contribution < 1.29 is 5.11 Å². The van der Waals surface area contributed by atoms with Gasteiger partial charge in [-0.3, -0.25) is 4.98 Å². The minimum absolute atomic E-state index is 0.587. The number of aromatic nitrogens is 1. The van der Waals surface area contributed by atoms with Gasteiger partial charge in [0.2, 0.25) is 0 Å². The van der Waals surface area contributed by atoms with Crippen LogP contribution in [-0.2, 0) is 0 Å². The largest absolute Gasteiger partial charge is 0.384 e. The number of rotatable bonds is 2. The molecule has 0 aliphatic carbocycles. The third-order valence-corrected chi connectivity index (χ3v) is 2.91. The second-order valence-corrected chi connectivity index (χ2v) is 4.49. The van der Waals surface area contributed by atoms with Crippen LogP contribution in [-0.4, -0.2) is 10.1 Å². The molecule has 0 aliphatic rings.